The average molecular weight is 266 g/mol. The summed E-state index contributed by atoms with van der Waals surface area (Å²) in [6.45, 7) is 1.74. The van der Waals surface area contributed by atoms with Crippen LogP contribution in [0.25, 0.3) is 0 Å². The Morgan fingerprint density at radius 2 is 2.00 bits per heavy atom. The second kappa shape index (κ2) is 8.30. The maximum atomic E-state index is 5.39. The number of benzene rings is 1. The van der Waals surface area contributed by atoms with Crippen LogP contribution in [0.15, 0.2) is 35.3 Å². The van der Waals surface area contributed by atoms with Crippen LogP contribution in [0.1, 0.15) is 12.0 Å². The molecule has 5 N–H and O–H groups in total. The summed E-state index contributed by atoms with van der Waals surface area (Å²) in [6.07, 6.45) is 0.798. The van der Waals surface area contributed by atoms with Crippen molar-refractivity contribution in [3.8, 4) is 0 Å². The van der Waals surface area contributed by atoms with Gasteiger partial charge in [0.2, 0.25) is 0 Å². The first-order valence-electron chi connectivity index (χ1n) is 5.68. The number of guanidine groups is 1. The maximum Gasteiger partial charge on any atom is 0.256 e. The molecule has 6 heteroatoms. The Labute approximate surface area is 112 Å². The number of aliphatic imine (C=N–C) groups is 1. The van der Waals surface area contributed by atoms with Gasteiger partial charge in [-0.2, -0.15) is 0 Å². The van der Waals surface area contributed by atoms with Crippen molar-refractivity contribution >= 4 is 23.4 Å². The van der Waals surface area contributed by atoms with Gasteiger partial charge in [0.05, 0.1) is 0 Å². The Balaban J connectivity index is 2.09. The van der Waals surface area contributed by atoms with E-state index in [1.165, 1.54) is 0 Å². The molecule has 0 spiro atoms. The molecule has 0 unspecified atom stereocenters. The minimum atomic E-state index is 0.109. The van der Waals surface area contributed by atoms with Crippen molar-refractivity contribution in [1.29, 1.82) is 0 Å². The molecule has 0 amide bonds. The van der Waals surface area contributed by atoms with Gasteiger partial charge in [-0.3, -0.25) is 4.99 Å². The van der Waals surface area contributed by atoms with Crippen LogP contribution in [-0.4, -0.2) is 24.2 Å². The number of thiocarbonyl (C=S) groups is 1. The minimum absolute atomic E-state index is 0.109. The van der Waals surface area contributed by atoms with Gasteiger partial charge in [-0.15, -0.1) is 0 Å². The first kappa shape index (κ1) is 14.2. The van der Waals surface area contributed by atoms with Crippen molar-refractivity contribution in [2.75, 3.05) is 13.1 Å². The van der Waals surface area contributed by atoms with Crippen LogP contribution in [0.2, 0.25) is 0 Å². The molecular formula is C12H18N4OS. The third-order valence-electron chi connectivity index (χ3n) is 2.11. The van der Waals surface area contributed by atoms with Crippen LogP contribution in [-0.2, 0) is 11.3 Å². The molecule has 0 atom stereocenters. The van der Waals surface area contributed by atoms with E-state index in [-0.39, 0.29) is 5.96 Å². The highest BCUT2D eigenvalue weighted by atomic mass is 32.1. The third kappa shape index (κ3) is 6.70. The summed E-state index contributed by atoms with van der Waals surface area (Å²) in [5, 5.41) is 3.38. The molecule has 1 aromatic rings. The van der Waals surface area contributed by atoms with Crippen molar-refractivity contribution in [1.82, 2.24) is 5.32 Å². The second-order valence-electron chi connectivity index (χ2n) is 3.65. The van der Waals surface area contributed by atoms with Crippen LogP contribution in [0.4, 0.5) is 0 Å². The minimum Gasteiger partial charge on any atom is -0.466 e. The molecule has 1 aromatic carbocycles. The average Bonchev–Trinajstić information content (AvgIpc) is 2.37. The summed E-state index contributed by atoms with van der Waals surface area (Å²) >= 11 is 5.04. The lowest BCUT2D eigenvalue weighted by atomic mass is 10.2. The van der Waals surface area contributed by atoms with Gasteiger partial charge >= 0.3 is 0 Å². The van der Waals surface area contributed by atoms with E-state index in [1.807, 2.05) is 30.3 Å². The third-order valence-corrected chi connectivity index (χ3v) is 2.37. The summed E-state index contributed by atoms with van der Waals surface area (Å²) in [5.41, 5.74) is 11.5. The van der Waals surface area contributed by atoms with Gasteiger partial charge in [0.1, 0.15) is 6.61 Å². The Morgan fingerprint density at radius 3 is 2.67 bits per heavy atom. The monoisotopic (exact) mass is 266 g/mol. The van der Waals surface area contributed by atoms with Crippen LogP contribution in [0, 0.1) is 0 Å². The van der Waals surface area contributed by atoms with Crippen LogP contribution < -0.4 is 16.8 Å². The largest absolute Gasteiger partial charge is 0.466 e. The highest BCUT2D eigenvalue weighted by molar-refractivity contribution is 7.80. The fourth-order valence-corrected chi connectivity index (χ4v) is 1.41. The number of nitrogens with zero attached hydrogens (tertiary/aromatic N) is 1. The van der Waals surface area contributed by atoms with Crippen molar-refractivity contribution < 1.29 is 4.74 Å². The molecule has 0 saturated heterocycles. The smallest absolute Gasteiger partial charge is 0.256 e. The number of nitrogens with one attached hydrogen (secondary N) is 1. The van der Waals surface area contributed by atoms with E-state index < -0.39 is 0 Å². The van der Waals surface area contributed by atoms with Crippen molar-refractivity contribution in [3.63, 3.8) is 0 Å². The van der Waals surface area contributed by atoms with Gasteiger partial charge in [0.25, 0.3) is 5.17 Å². The summed E-state index contributed by atoms with van der Waals surface area (Å²) in [7, 11) is 0. The Bertz CT molecular complexity index is 390. The molecule has 0 bridgehead atoms. The van der Waals surface area contributed by atoms with Crippen molar-refractivity contribution in [2.45, 2.75) is 13.0 Å². The quantitative estimate of drug-likeness (QED) is 0.306. The molecule has 1 rings (SSSR count). The molecule has 0 fully saturated rings. The van der Waals surface area contributed by atoms with Gasteiger partial charge < -0.3 is 21.5 Å². The predicted octanol–water partition coefficient (Wildman–Crippen LogP) is 0.741. The summed E-state index contributed by atoms with van der Waals surface area (Å²) < 4.78 is 5.39. The molecule has 5 nitrogen and oxygen atoms in total. The van der Waals surface area contributed by atoms with Gasteiger partial charge in [-0.05, 0) is 24.2 Å². The van der Waals surface area contributed by atoms with E-state index in [4.69, 9.17) is 28.4 Å². The lowest BCUT2D eigenvalue weighted by Gasteiger charge is -2.09. The predicted molar refractivity (Wildman–Crippen MR) is 77.1 cm³/mol. The number of hydrogen-bond donors (Lipinski definition) is 3. The summed E-state index contributed by atoms with van der Waals surface area (Å²) in [4.78, 5) is 3.86. The van der Waals surface area contributed by atoms with Crippen LogP contribution in [0.5, 0.6) is 0 Å². The van der Waals surface area contributed by atoms with Gasteiger partial charge in [0.15, 0.2) is 5.96 Å². The Hall–Kier alpha value is -1.82. The molecule has 0 aliphatic carbocycles. The fraction of sp³-hybridized carbons (Fsp3) is 0.333. The molecule has 0 aromatic heterocycles. The highest BCUT2D eigenvalue weighted by Crippen LogP contribution is 2.00. The topological polar surface area (TPSA) is 85.7 Å². The molecule has 0 radical (unpaired) electrons. The van der Waals surface area contributed by atoms with E-state index in [9.17, 15) is 0 Å². The Kier molecular flexibility index (Phi) is 6.56. The molecule has 0 aliphatic rings. The normalized spacial score (nSPS) is 9.56. The molecule has 0 heterocycles. The summed E-state index contributed by atoms with van der Waals surface area (Å²) in [5.74, 6) is 0.109. The summed E-state index contributed by atoms with van der Waals surface area (Å²) in [6, 6.07) is 9.86. The van der Waals surface area contributed by atoms with Gasteiger partial charge in [-0.25, -0.2) is 0 Å². The molecule has 18 heavy (non-hydrogen) atoms. The van der Waals surface area contributed by atoms with Crippen LogP contribution >= 0.6 is 12.2 Å². The zero-order valence-electron chi connectivity index (χ0n) is 10.1. The second-order valence-corrected chi connectivity index (χ2v) is 4.02. The number of hydrogen-bond acceptors (Lipinski definition) is 3. The van der Waals surface area contributed by atoms with E-state index in [0.717, 1.165) is 12.0 Å². The van der Waals surface area contributed by atoms with E-state index in [1.54, 1.807) is 0 Å². The highest BCUT2D eigenvalue weighted by Gasteiger charge is 1.97. The lowest BCUT2D eigenvalue weighted by molar-refractivity contribution is 0.286. The first-order chi connectivity index (χ1) is 8.68. The molecule has 0 aliphatic heterocycles. The number of ether oxygens (including phenoxy) is 1. The zero-order valence-corrected chi connectivity index (χ0v) is 11.0. The maximum absolute atomic E-state index is 5.39. The van der Waals surface area contributed by atoms with Gasteiger partial charge in [0, 0.05) is 13.1 Å². The molecule has 0 saturated carbocycles. The van der Waals surface area contributed by atoms with E-state index in [2.05, 4.69) is 10.3 Å². The molecular weight excluding hydrogens is 248 g/mol. The number of nitrogens with two attached hydrogens (primary N) is 2. The van der Waals surface area contributed by atoms with E-state index >= 15 is 0 Å². The fourth-order valence-electron chi connectivity index (χ4n) is 1.25. The standard InChI is InChI=1S/C12H18N4OS/c13-11(14)15-7-4-8-16-12(18)17-9-10-5-2-1-3-6-10/h1-3,5-6H,4,7-9H2,(H,16,18)(H4,13,14,15). The Morgan fingerprint density at radius 1 is 1.28 bits per heavy atom. The van der Waals surface area contributed by atoms with Crippen molar-refractivity contribution in [3.05, 3.63) is 35.9 Å². The first-order valence-corrected chi connectivity index (χ1v) is 6.09. The van der Waals surface area contributed by atoms with Gasteiger partial charge in [-0.1, -0.05) is 30.3 Å². The number of rotatable bonds is 6. The SMILES string of the molecule is NC(N)=NCCCNC(=S)OCc1ccccc1. The van der Waals surface area contributed by atoms with Crippen molar-refractivity contribution in [2.24, 2.45) is 16.5 Å². The molecule has 98 valence electrons. The van der Waals surface area contributed by atoms with E-state index in [0.29, 0.717) is 24.9 Å². The zero-order chi connectivity index (χ0) is 13.2. The lowest BCUT2D eigenvalue weighted by Crippen LogP contribution is -2.26. The van der Waals surface area contributed by atoms with Crippen LogP contribution in [0.3, 0.4) is 0 Å².